The molecule has 0 radical (unpaired) electrons. The Morgan fingerprint density at radius 1 is 1.00 bits per heavy atom. The molecular weight excluding hydrogens is 453 g/mol. The standard InChI is InChI=1S/C19H28FN3O3S.C7H8/c1-14-4-5-15(2)27(25,26)23(14)13-17-6-7-18(12-19(17)20)22-10-8-21(9-11-22)16(3)24;1-7-5-3-2-4-6-7/h6-7,12,14-15H,4-5,8-11,13H2,1-3H3;2-6H,1H3/t14-,15?;/m0./s1. The summed E-state index contributed by atoms with van der Waals surface area (Å²) in [5.41, 5.74) is 2.48. The molecule has 0 aliphatic carbocycles. The first-order valence-electron chi connectivity index (χ1n) is 11.9. The number of aryl methyl sites for hydroxylation is 1. The van der Waals surface area contributed by atoms with E-state index in [2.05, 4.69) is 24.0 Å². The van der Waals surface area contributed by atoms with E-state index in [4.69, 9.17) is 0 Å². The summed E-state index contributed by atoms with van der Waals surface area (Å²) in [4.78, 5) is 15.3. The van der Waals surface area contributed by atoms with Crippen molar-refractivity contribution in [3.8, 4) is 0 Å². The summed E-state index contributed by atoms with van der Waals surface area (Å²) in [7, 11) is -3.39. The van der Waals surface area contributed by atoms with Gasteiger partial charge in [-0.25, -0.2) is 12.8 Å². The van der Waals surface area contributed by atoms with Crippen LogP contribution in [0.3, 0.4) is 0 Å². The summed E-state index contributed by atoms with van der Waals surface area (Å²) in [6.07, 6.45) is 1.44. The van der Waals surface area contributed by atoms with Gasteiger partial charge in [0.05, 0.1) is 5.25 Å². The summed E-state index contributed by atoms with van der Waals surface area (Å²) in [5, 5.41) is -0.423. The molecule has 0 aromatic heterocycles. The van der Waals surface area contributed by atoms with Gasteiger partial charge < -0.3 is 9.80 Å². The third-order valence-electron chi connectivity index (χ3n) is 6.71. The summed E-state index contributed by atoms with van der Waals surface area (Å²) in [6.45, 7) is 9.87. The number of halogens is 1. The van der Waals surface area contributed by atoms with Crippen LogP contribution < -0.4 is 4.90 Å². The largest absolute Gasteiger partial charge is 0.368 e. The predicted octanol–water partition coefficient (Wildman–Crippen LogP) is 4.19. The van der Waals surface area contributed by atoms with Gasteiger partial charge in [0, 0.05) is 56.9 Å². The number of benzene rings is 2. The summed E-state index contributed by atoms with van der Waals surface area (Å²) < 4.78 is 41.4. The fraction of sp³-hybridized carbons (Fsp3) is 0.500. The lowest BCUT2D eigenvalue weighted by Crippen LogP contribution is -2.48. The van der Waals surface area contributed by atoms with Crippen LogP contribution >= 0.6 is 0 Å². The monoisotopic (exact) mass is 489 g/mol. The van der Waals surface area contributed by atoms with Gasteiger partial charge in [0.25, 0.3) is 0 Å². The Balaban J connectivity index is 0.000000396. The molecule has 2 saturated heterocycles. The Labute approximate surface area is 203 Å². The Morgan fingerprint density at radius 2 is 1.65 bits per heavy atom. The molecule has 34 heavy (non-hydrogen) atoms. The molecule has 8 heteroatoms. The average molecular weight is 490 g/mol. The smallest absolute Gasteiger partial charge is 0.219 e. The van der Waals surface area contributed by atoms with Gasteiger partial charge >= 0.3 is 0 Å². The van der Waals surface area contributed by atoms with E-state index in [0.29, 0.717) is 38.2 Å². The van der Waals surface area contributed by atoms with Gasteiger partial charge in [0.2, 0.25) is 15.9 Å². The zero-order valence-corrected chi connectivity index (χ0v) is 21.4. The molecule has 1 unspecified atom stereocenters. The van der Waals surface area contributed by atoms with Gasteiger partial charge in [-0.3, -0.25) is 4.79 Å². The van der Waals surface area contributed by atoms with E-state index in [1.54, 1.807) is 24.8 Å². The van der Waals surface area contributed by atoms with Gasteiger partial charge in [-0.1, -0.05) is 42.0 Å². The van der Waals surface area contributed by atoms with E-state index in [1.165, 1.54) is 15.9 Å². The zero-order valence-electron chi connectivity index (χ0n) is 20.6. The van der Waals surface area contributed by atoms with E-state index in [0.717, 1.165) is 12.1 Å². The van der Waals surface area contributed by atoms with Crippen LogP contribution in [0.4, 0.5) is 10.1 Å². The molecule has 0 spiro atoms. The van der Waals surface area contributed by atoms with Crippen LogP contribution in [0.5, 0.6) is 0 Å². The quantitative estimate of drug-likeness (QED) is 0.649. The van der Waals surface area contributed by atoms with Crippen molar-refractivity contribution in [1.82, 2.24) is 9.21 Å². The van der Waals surface area contributed by atoms with Crippen molar-refractivity contribution < 1.29 is 17.6 Å². The molecule has 2 aliphatic heterocycles. The highest BCUT2D eigenvalue weighted by Gasteiger charge is 2.37. The molecule has 2 aromatic carbocycles. The summed E-state index contributed by atoms with van der Waals surface area (Å²) >= 11 is 0. The van der Waals surface area contributed by atoms with Gasteiger partial charge in [-0.2, -0.15) is 4.31 Å². The molecule has 2 fully saturated rings. The number of carbonyl (C=O) groups excluding carboxylic acids is 1. The lowest BCUT2D eigenvalue weighted by atomic mass is 10.1. The number of hydrogen-bond donors (Lipinski definition) is 0. The Morgan fingerprint density at radius 3 is 2.18 bits per heavy atom. The molecule has 2 heterocycles. The Bertz CT molecular complexity index is 1070. The average Bonchev–Trinajstić information content (AvgIpc) is 2.81. The topological polar surface area (TPSA) is 60.9 Å². The van der Waals surface area contributed by atoms with E-state index in [1.807, 2.05) is 31.2 Å². The number of anilines is 1. The predicted molar refractivity (Wildman–Crippen MR) is 135 cm³/mol. The minimum absolute atomic E-state index is 0.0577. The first-order valence-corrected chi connectivity index (χ1v) is 13.4. The van der Waals surface area contributed by atoms with Gasteiger partial charge in [0.15, 0.2) is 0 Å². The van der Waals surface area contributed by atoms with Gasteiger partial charge in [0.1, 0.15) is 5.82 Å². The highest BCUT2D eigenvalue weighted by molar-refractivity contribution is 7.89. The van der Waals surface area contributed by atoms with Crippen molar-refractivity contribution in [2.45, 2.75) is 58.4 Å². The number of piperazine rings is 1. The first-order chi connectivity index (χ1) is 16.1. The van der Waals surface area contributed by atoms with Crippen LogP contribution in [-0.4, -0.2) is 61.0 Å². The lowest BCUT2D eigenvalue weighted by Gasteiger charge is -2.37. The molecule has 1 amide bonds. The van der Waals surface area contributed by atoms with Crippen LogP contribution in [0.2, 0.25) is 0 Å². The van der Waals surface area contributed by atoms with Crippen LogP contribution in [0.1, 0.15) is 44.7 Å². The maximum Gasteiger partial charge on any atom is 0.219 e. The second-order valence-corrected chi connectivity index (χ2v) is 11.6. The second-order valence-electron chi connectivity index (χ2n) is 9.25. The van der Waals surface area contributed by atoms with Crippen molar-refractivity contribution in [3.05, 3.63) is 65.5 Å². The maximum absolute atomic E-state index is 14.7. The molecule has 2 aliphatic rings. The van der Waals surface area contributed by atoms with Gasteiger partial charge in [-0.15, -0.1) is 0 Å². The van der Waals surface area contributed by atoms with Crippen LogP contribution in [-0.2, 0) is 21.4 Å². The van der Waals surface area contributed by atoms with E-state index < -0.39 is 15.3 Å². The number of sulfonamides is 1. The minimum Gasteiger partial charge on any atom is -0.368 e. The Kier molecular flexibility index (Phi) is 8.71. The molecule has 6 nitrogen and oxygen atoms in total. The van der Waals surface area contributed by atoms with Crippen molar-refractivity contribution in [1.29, 1.82) is 0 Å². The fourth-order valence-electron chi connectivity index (χ4n) is 4.34. The summed E-state index contributed by atoms with van der Waals surface area (Å²) in [6, 6.07) is 15.1. The number of carbonyl (C=O) groups is 1. The molecular formula is C26H36FN3O3S. The van der Waals surface area contributed by atoms with E-state index >= 15 is 0 Å². The molecule has 0 bridgehead atoms. The fourth-order valence-corrected chi connectivity index (χ4v) is 6.16. The molecule has 0 N–H and O–H groups in total. The lowest BCUT2D eigenvalue weighted by molar-refractivity contribution is -0.129. The van der Waals surface area contributed by atoms with E-state index in [9.17, 15) is 17.6 Å². The molecule has 4 rings (SSSR count). The molecule has 186 valence electrons. The second kappa shape index (κ2) is 11.3. The molecule has 2 aromatic rings. The highest BCUT2D eigenvalue weighted by Crippen LogP contribution is 2.29. The van der Waals surface area contributed by atoms with Crippen LogP contribution in [0.15, 0.2) is 48.5 Å². The van der Waals surface area contributed by atoms with Crippen LogP contribution in [0, 0.1) is 12.7 Å². The first kappa shape index (κ1) is 26.2. The van der Waals surface area contributed by atoms with Crippen molar-refractivity contribution in [3.63, 3.8) is 0 Å². The maximum atomic E-state index is 14.7. The molecule has 2 atom stereocenters. The van der Waals surface area contributed by atoms with Crippen molar-refractivity contribution in [2.75, 3.05) is 31.1 Å². The third kappa shape index (κ3) is 6.36. The number of nitrogens with zero attached hydrogens (tertiary/aromatic N) is 3. The third-order valence-corrected chi connectivity index (χ3v) is 9.11. The Hall–Kier alpha value is -2.45. The summed E-state index contributed by atoms with van der Waals surface area (Å²) in [5.74, 6) is -0.329. The van der Waals surface area contributed by atoms with Crippen molar-refractivity contribution >= 4 is 21.6 Å². The van der Waals surface area contributed by atoms with Crippen molar-refractivity contribution in [2.24, 2.45) is 0 Å². The van der Waals surface area contributed by atoms with Gasteiger partial charge in [-0.05, 0) is 45.7 Å². The number of rotatable bonds is 3. The SMILES string of the molecule is CC(=O)N1CCN(c2ccc(CN3[C@@H](C)CCC(C)S3(=O)=O)c(F)c2)CC1.Cc1ccccc1. The minimum atomic E-state index is -3.39. The van der Waals surface area contributed by atoms with E-state index in [-0.39, 0.29) is 24.3 Å². The normalized spacial score (nSPS) is 22.6. The molecule has 0 saturated carbocycles. The highest BCUT2D eigenvalue weighted by atomic mass is 32.2. The zero-order chi connectivity index (χ0) is 24.9. The number of hydrogen-bond acceptors (Lipinski definition) is 4. The van der Waals surface area contributed by atoms with Crippen LogP contribution in [0.25, 0.3) is 0 Å². The number of amides is 1.